The molecule has 174 valence electrons. The van der Waals surface area contributed by atoms with Crippen LogP contribution in [-0.4, -0.2) is 50.4 Å². The van der Waals surface area contributed by atoms with Crippen molar-refractivity contribution in [3.8, 4) is 11.6 Å². The quantitative estimate of drug-likeness (QED) is 0.378. The Balaban J connectivity index is 1.22. The number of aromatic nitrogens is 3. The lowest BCUT2D eigenvalue weighted by Crippen LogP contribution is -2.37. The smallest absolute Gasteiger partial charge is 0.230 e. The second kappa shape index (κ2) is 10.2. The Kier molecular flexibility index (Phi) is 6.67. The van der Waals surface area contributed by atoms with Gasteiger partial charge in [0.2, 0.25) is 17.7 Å². The Morgan fingerprint density at radius 2 is 2.03 bits per heavy atom. The van der Waals surface area contributed by atoms with E-state index >= 15 is 0 Å². The average molecular weight is 474 g/mol. The van der Waals surface area contributed by atoms with Crippen molar-refractivity contribution in [2.75, 3.05) is 29.9 Å². The lowest BCUT2D eigenvalue weighted by Gasteiger charge is -2.26. The minimum Gasteiger partial charge on any atom is -0.439 e. The van der Waals surface area contributed by atoms with Gasteiger partial charge in [-0.1, -0.05) is 12.1 Å². The molecule has 4 aromatic rings. The van der Waals surface area contributed by atoms with Gasteiger partial charge in [0.15, 0.2) is 0 Å². The number of carbonyl (C=O) groups excluding carboxylic acids is 1. The fraction of sp³-hybridized carbons (Fsp3) is 0.269. The largest absolute Gasteiger partial charge is 0.439 e. The van der Waals surface area contributed by atoms with Crippen molar-refractivity contribution in [3.05, 3.63) is 72.1 Å². The summed E-state index contributed by atoms with van der Waals surface area (Å²) in [4.78, 5) is 26.6. The van der Waals surface area contributed by atoms with E-state index in [9.17, 15) is 4.79 Å². The predicted molar refractivity (Wildman–Crippen MR) is 137 cm³/mol. The second-order valence-electron chi connectivity index (χ2n) is 8.34. The van der Waals surface area contributed by atoms with E-state index in [1.54, 1.807) is 12.3 Å². The molecule has 0 radical (unpaired) electrons. The third kappa shape index (κ3) is 5.51. The Labute approximate surface area is 202 Å². The standard InChI is InChI=1S/C26H27N5O2S/c1-18-15-20-17-22(6-7-23(20)28-18)33-24-9-10-27-26(30-24)29-21-4-2-3-19(16-21)5-8-25(32)31-11-13-34-14-12-31/h2-4,6-7,9-10,15-17,28H,5,8,11-14H2,1H3,(H,27,29,30). The zero-order valence-electron chi connectivity index (χ0n) is 19.1. The van der Waals surface area contributed by atoms with E-state index in [0.717, 1.165) is 58.2 Å². The van der Waals surface area contributed by atoms with Gasteiger partial charge in [-0.2, -0.15) is 16.7 Å². The summed E-state index contributed by atoms with van der Waals surface area (Å²) in [5.74, 6) is 3.94. The first-order valence-electron chi connectivity index (χ1n) is 11.4. The number of H-pyrrole nitrogens is 1. The molecule has 2 N–H and O–H groups in total. The van der Waals surface area contributed by atoms with Gasteiger partial charge in [0, 0.05) is 65.6 Å². The number of amides is 1. The number of aryl methyl sites for hydroxylation is 2. The van der Waals surface area contributed by atoms with Crippen LogP contribution in [-0.2, 0) is 11.2 Å². The van der Waals surface area contributed by atoms with Crippen LogP contribution in [0.5, 0.6) is 11.6 Å². The van der Waals surface area contributed by atoms with Crippen molar-refractivity contribution >= 4 is 40.2 Å². The highest BCUT2D eigenvalue weighted by Crippen LogP contribution is 2.26. The number of hydrogen-bond acceptors (Lipinski definition) is 6. The number of carbonyl (C=O) groups is 1. The van der Waals surface area contributed by atoms with Crippen LogP contribution in [0.15, 0.2) is 60.8 Å². The molecule has 3 heterocycles. The van der Waals surface area contributed by atoms with Crippen LogP contribution in [0, 0.1) is 6.92 Å². The Morgan fingerprint density at radius 1 is 1.15 bits per heavy atom. The zero-order valence-corrected chi connectivity index (χ0v) is 19.9. The third-order valence-electron chi connectivity index (χ3n) is 5.75. The van der Waals surface area contributed by atoms with Crippen LogP contribution in [0.4, 0.5) is 11.6 Å². The zero-order chi connectivity index (χ0) is 23.3. The first kappa shape index (κ1) is 22.3. The number of aromatic amines is 1. The first-order chi connectivity index (χ1) is 16.6. The molecule has 0 aliphatic carbocycles. The molecule has 2 aromatic heterocycles. The molecule has 0 atom stereocenters. The Bertz CT molecular complexity index is 1300. The number of fused-ring (bicyclic) bond motifs is 1. The van der Waals surface area contributed by atoms with E-state index in [-0.39, 0.29) is 5.91 Å². The molecule has 0 spiro atoms. The third-order valence-corrected chi connectivity index (χ3v) is 6.70. The number of thioether (sulfide) groups is 1. The SMILES string of the molecule is Cc1cc2cc(Oc3ccnc(Nc4cccc(CCC(=O)N5CCSCC5)c4)n3)ccc2[nH]1. The number of hydrogen-bond donors (Lipinski definition) is 2. The number of anilines is 2. The van der Waals surface area contributed by atoms with Gasteiger partial charge >= 0.3 is 0 Å². The maximum absolute atomic E-state index is 12.5. The molecule has 2 aromatic carbocycles. The lowest BCUT2D eigenvalue weighted by atomic mass is 10.1. The molecule has 1 saturated heterocycles. The fourth-order valence-electron chi connectivity index (χ4n) is 4.06. The summed E-state index contributed by atoms with van der Waals surface area (Å²) in [6, 6.07) is 17.8. The number of ether oxygens (including phenoxy) is 1. The van der Waals surface area contributed by atoms with Crippen LogP contribution < -0.4 is 10.1 Å². The number of rotatable bonds is 7. The molecule has 0 bridgehead atoms. The van der Waals surface area contributed by atoms with Crippen LogP contribution >= 0.6 is 11.8 Å². The van der Waals surface area contributed by atoms with E-state index in [1.807, 2.05) is 66.1 Å². The van der Waals surface area contributed by atoms with Gasteiger partial charge in [-0.3, -0.25) is 4.79 Å². The Morgan fingerprint density at radius 3 is 2.91 bits per heavy atom. The molecule has 1 aliphatic rings. The van der Waals surface area contributed by atoms with Gasteiger partial charge < -0.3 is 19.9 Å². The van der Waals surface area contributed by atoms with E-state index in [1.165, 1.54) is 0 Å². The first-order valence-corrected chi connectivity index (χ1v) is 12.6. The molecule has 8 heteroatoms. The van der Waals surface area contributed by atoms with E-state index < -0.39 is 0 Å². The van der Waals surface area contributed by atoms with Crippen LogP contribution in [0.3, 0.4) is 0 Å². The molecule has 7 nitrogen and oxygen atoms in total. The van der Waals surface area contributed by atoms with E-state index in [2.05, 4.69) is 26.3 Å². The molecule has 1 fully saturated rings. The molecule has 5 rings (SSSR count). The summed E-state index contributed by atoms with van der Waals surface area (Å²) in [6.07, 6.45) is 2.91. The maximum Gasteiger partial charge on any atom is 0.230 e. The Hall–Kier alpha value is -3.52. The maximum atomic E-state index is 12.5. The van der Waals surface area contributed by atoms with Crippen molar-refractivity contribution in [2.24, 2.45) is 0 Å². The minimum absolute atomic E-state index is 0.236. The van der Waals surface area contributed by atoms with Gasteiger partial charge in [0.25, 0.3) is 0 Å². The van der Waals surface area contributed by atoms with Crippen LogP contribution in [0.25, 0.3) is 10.9 Å². The minimum atomic E-state index is 0.236. The summed E-state index contributed by atoms with van der Waals surface area (Å²) < 4.78 is 5.97. The number of nitrogens with zero attached hydrogens (tertiary/aromatic N) is 3. The van der Waals surface area contributed by atoms with Gasteiger partial charge in [-0.05, 0) is 55.3 Å². The summed E-state index contributed by atoms with van der Waals surface area (Å²) in [6.45, 7) is 3.75. The van der Waals surface area contributed by atoms with Crippen molar-refractivity contribution in [1.82, 2.24) is 19.9 Å². The number of benzene rings is 2. The lowest BCUT2D eigenvalue weighted by molar-refractivity contribution is -0.130. The van der Waals surface area contributed by atoms with Crippen molar-refractivity contribution in [3.63, 3.8) is 0 Å². The summed E-state index contributed by atoms with van der Waals surface area (Å²) >= 11 is 1.91. The molecule has 0 unspecified atom stereocenters. The number of nitrogens with one attached hydrogen (secondary N) is 2. The summed E-state index contributed by atoms with van der Waals surface area (Å²) in [7, 11) is 0. The molecular weight excluding hydrogens is 446 g/mol. The molecule has 34 heavy (non-hydrogen) atoms. The van der Waals surface area contributed by atoms with Gasteiger partial charge in [0.1, 0.15) is 5.75 Å². The predicted octanol–water partition coefficient (Wildman–Crippen LogP) is 5.31. The molecular formula is C26H27N5O2S. The van der Waals surface area contributed by atoms with Crippen LogP contribution in [0.2, 0.25) is 0 Å². The van der Waals surface area contributed by atoms with Gasteiger partial charge in [-0.15, -0.1) is 0 Å². The molecule has 1 aliphatic heterocycles. The second-order valence-corrected chi connectivity index (χ2v) is 9.57. The highest BCUT2D eigenvalue weighted by atomic mass is 32.2. The highest BCUT2D eigenvalue weighted by molar-refractivity contribution is 7.99. The monoisotopic (exact) mass is 473 g/mol. The molecule has 0 saturated carbocycles. The van der Waals surface area contributed by atoms with Crippen molar-refractivity contribution < 1.29 is 9.53 Å². The topological polar surface area (TPSA) is 83.1 Å². The highest BCUT2D eigenvalue weighted by Gasteiger charge is 2.16. The van der Waals surface area contributed by atoms with Gasteiger partial charge in [-0.25, -0.2) is 4.98 Å². The van der Waals surface area contributed by atoms with Gasteiger partial charge in [0.05, 0.1) is 0 Å². The summed E-state index contributed by atoms with van der Waals surface area (Å²) in [5.41, 5.74) is 4.16. The van der Waals surface area contributed by atoms with E-state index in [4.69, 9.17) is 4.74 Å². The van der Waals surface area contributed by atoms with Crippen molar-refractivity contribution in [1.29, 1.82) is 0 Å². The van der Waals surface area contributed by atoms with E-state index in [0.29, 0.717) is 24.7 Å². The normalized spacial score (nSPS) is 13.7. The fourth-order valence-corrected chi connectivity index (χ4v) is 4.96. The molecule has 1 amide bonds. The summed E-state index contributed by atoms with van der Waals surface area (Å²) in [5, 5.41) is 4.34. The average Bonchev–Trinajstić information content (AvgIpc) is 3.23. The van der Waals surface area contributed by atoms with Crippen LogP contribution in [0.1, 0.15) is 17.7 Å². The van der Waals surface area contributed by atoms with Crippen molar-refractivity contribution in [2.45, 2.75) is 19.8 Å².